The molecule has 0 aliphatic carbocycles. The molecule has 1 aliphatic rings. The van der Waals surface area contributed by atoms with Crippen LogP contribution in [0.1, 0.15) is 75.0 Å². The van der Waals surface area contributed by atoms with Crippen molar-refractivity contribution in [2.75, 3.05) is 12.3 Å². The normalized spacial score (nSPS) is 12.5. The molecule has 0 fully saturated rings. The first-order valence-electron chi connectivity index (χ1n) is 12.4. The molecule has 0 radical (unpaired) electrons. The van der Waals surface area contributed by atoms with Gasteiger partial charge in [0.15, 0.2) is 11.6 Å². The number of carbonyl (C=O) groups excluding carboxylic acids is 3. The molecular formula is C30H33N3O4S. The summed E-state index contributed by atoms with van der Waals surface area (Å²) in [5, 5.41) is 8.80. The highest BCUT2D eigenvalue weighted by atomic mass is 32.1. The predicted octanol–water partition coefficient (Wildman–Crippen LogP) is 6.25. The highest BCUT2D eigenvalue weighted by Gasteiger charge is 2.31. The molecule has 1 amide bonds. The first-order valence-corrected chi connectivity index (χ1v) is 13.2. The predicted molar refractivity (Wildman–Crippen MR) is 149 cm³/mol. The van der Waals surface area contributed by atoms with Crippen molar-refractivity contribution in [3.63, 3.8) is 0 Å². The van der Waals surface area contributed by atoms with E-state index in [1.54, 1.807) is 17.0 Å². The van der Waals surface area contributed by atoms with Gasteiger partial charge in [0.1, 0.15) is 5.60 Å². The minimum Gasteiger partial charge on any atom is -0.444 e. The molecule has 4 rings (SSSR count). The zero-order valence-electron chi connectivity index (χ0n) is 22.5. The number of nitriles is 1. The summed E-state index contributed by atoms with van der Waals surface area (Å²) in [6.07, 6.45) is 0.236. The van der Waals surface area contributed by atoms with Crippen LogP contribution in [0, 0.1) is 25.2 Å². The molecule has 2 heterocycles. The molecule has 0 atom stereocenters. The van der Waals surface area contributed by atoms with E-state index in [9.17, 15) is 14.4 Å². The van der Waals surface area contributed by atoms with Crippen molar-refractivity contribution < 1.29 is 19.1 Å². The van der Waals surface area contributed by atoms with Crippen LogP contribution in [0.4, 0.5) is 9.80 Å². The standard InChI is InChI=1S/C20H24N2O3S.C10H9NO/c1-12-5-7-13(8-6-12)17(23)16-14-9-10-22(11-15(14)26-18(16)21)19(24)25-20(2,3)4;1-8-2-4-9(5-3-8)10(12)6-7-11/h5-8H,9-11,21H2,1-4H3;2-5H,6H2,1H3. The molecule has 7 nitrogen and oxygen atoms in total. The lowest BCUT2D eigenvalue weighted by atomic mass is 9.96. The minimum atomic E-state index is -0.529. The van der Waals surface area contributed by atoms with E-state index in [2.05, 4.69) is 0 Å². The van der Waals surface area contributed by atoms with Crippen molar-refractivity contribution in [2.45, 2.75) is 59.6 Å². The maximum Gasteiger partial charge on any atom is 0.410 e. The minimum absolute atomic E-state index is 0.0386. The van der Waals surface area contributed by atoms with Crippen molar-refractivity contribution in [3.05, 3.63) is 86.8 Å². The number of hydrogen-bond donors (Lipinski definition) is 1. The maximum absolute atomic E-state index is 12.9. The van der Waals surface area contributed by atoms with E-state index in [0.29, 0.717) is 41.2 Å². The van der Waals surface area contributed by atoms with Crippen molar-refractivity contribution in [1.82, 2.24) is 4.90 Å². The lowest BCUT2D eigenvalue weighted by Gasteiger charge is -2.30. The summed E-state index contributed by atoms with van der Waals surface area (Å²) in [5.74, 6) is -0.164. The molecule has 0 saturated heterocycles. The molecular weight excluding hydrogens is 498 g/mol. The Balaban J connectivity index is 0.000000279. The Labute approximate surface area is 227 Å². The van der Waals surface area contributed by atoms with E-state index in [1.165, 1.54) is 11.3 Å². The molecule has 1 aliphatic heterocycles. The van der Waals surface area contributed by atoms with Crippen molar-refractivity contribution in [1.29, 1.82) is 5.26 Å². The quantitative estimate of drug-likeness (QED) is 0.398. The number of nitrogens with zero attached hydrogens (tertiary/aromatic N) is 2. The molecule has 0 saturated carbocycles. The van der Waals surface area contributed by atoms with E-state index in [1.807, 2.05) is 77.1 Å². The zero-order valence-corrected chi connectivity index (χ0v) is 23.3. The second-order valence-electron chi connectivity index (χ2n) is 10.2. The van der Waals surface area contributed by atoms with Gasteiger partial charge in [-0.25, -0.2) is 4.79 Å². The third-order valence-electron chi connectivity index (χ3n) is 5.89. The molecule has 0 bridgehead atoms. The summed E-state index contributed by atoms with van der Waals surface area (Å²) in [7, 11) is 0. The lowest BCUT2D eigenvalue weighted by Crippen LogP contribution is -2.39. The van der Waals surface area contributed by atoms with Crippen LogP contribution in [0.15, 0.2) is 48.5 Å². The van der Waals surface area contributed by atoms with Crippen molar-refractivity contribution >= 4 is 34.0 Å². The number of benzene rings is 2. The van der Waals surface area contributed by atoms with Crippen LogP contribution in [0.25, 0.3) is 0 Å². The number of thiophene rings is 1. The van der Waals surface area contributed by atoms with Gasteiger partial charge >= 0.3 is 6.09 Å². The number of Topliss-reactive ketones (excluding diaryl/α,β-unsaturated/α-hetero) is 1. The van der Waals surface area contributed by atoms with E-state index in [4.69, 9.17) is 15.7 Å². The summed E-state index contributed by atoms with van der Waals surface area (Å²) < 4.78 is 5.45. The van der Waals surface area contributed by atoms with Crippen LogP contribution in [-0.4, -0.2) is 34.7 Å². The Morgan fingerprint density at radius 3 is 2.08 bits per heavy atom. The smallest absolute Gasteiger partial charge is 0.410 e. The number of aryl methyl sites for hydroxylation is 2. The molecule has 2 N–H and O–H groups in total. The van der Waals surface area contributed by atoms with Gasteiger partial charge in [0.05, 0.1) is 29.6 Å². The monoisotopic (exact) mass is 531 g/mol. The van der Waals surface area contributed by atoms with Gasteiger partial charge < -0.3 is 15.4 Å². The Bertz CT molecular complexity index is 1360. The molecule has 3 aromatic rings. The van der Waals surface area contributed by atoms with Gasteiger partial charge in [-0.1, -0.05) is 59.7 Å². The third-order valence-corrected chi connectivity index (χ3v) is 6.94. The van der Waals surface area contributed by atoms with Crippen LogP contribution in [0.3, 0.4) is 0 Å². The SMILES string of the molecule is Cc1ccc(C(=O)CC#N)cc1.Cc1ccc(C(=O)c2c(N)sc3c2CCN(C(=O)OC(C)(C)C)C3)cc1. The largest absolute Gasteiger partial charge is 0.444 e. The van der Waals surface area contributed by atoms with Crippen LogP contribution >= 0.6 is 11.3 Å². The first-order chi connectivity index (χ1) is 17.9. The number of rotatable bonds is 4. The number of hydrogen-bond acceptors (Lipinski definition) is 7. The van der Waals surface area contributed by atoms with Gasteiger partial charge in [-0.05, 0) is 46.6 Å². The Morgan fingerprint density at radius 1 is 1.00 bits per heavy atom. The maximum atomic E-state index is 12.9. The molecule has 8 heteroatoms. The molecule has 198 valence electrons. The topological polar surface area (TPSA) is 113 Å². The van der Waals surface area contributed by atoms with Crippen molar-refractivity contribution in [2.24, 2.45) is 0 Å². The summed E-state index contributed by atoms with van der Waals surface area (Å²) in [6, 6.07) is 16.6. The fraction of sp³-hybridized carbons (Fsp3) is 0.333. The number of amides is 1. The number of ether oxygens (including phenoxy) is 1. The number of nitrogens with two attached hydrogens (primary N) is 1. The Morgan fingerprint density at radius 2 is 1.55 bits per heavy atom. The van der Waals surface area contributed by atoms with Crippen molar-refractivity contribution in [3.8, 4) is 6.07 Å². The molecule has 2 aromatic carbocycles. The van der Waals surface area contributed by atoms with Crippen LogP contribution in [0.2, 0.25) is 0 Å². The van der Waals surface area contributed by atoms with Gasteiger partial charge in [0.2, 0.25) is 0 Å². The van der Waals surface area contributed by atoms with Crippen LogP contribution in [0.5, 0.6) is 0 Å². The van der Waals surface area contributed by atoms with E-state index in [-0.39, 0.29) is 24.1 Å². The number of nitrogen functional groups attached to an aromatic ring is 1. The lowest BCUT2D eigenvalue weighted by molar-refractivity contribution is 0.0226. The molecule has 38 heavy (non-hydrogen) atoms. The molecule has 0 spiro atoms. The number of carbonyl (C=O) groups is 3. The van der Waals surface area contributed by atoms with E-state index < -0.39 is 5.60 Å². The Kier molecular flexibility index (Phi) is 9.08. The van der Waals surface area contributed by atoms with E-state index >= 15 is 0 Å². The van der Waals surface area contributed by atoms with Gasteiger partial charge in [-0.15, -0.1) is 11.3 Å². The second-order valence-corrected chi connectivity index (χ2v) is 11.4. The second kappa shape index (κ2) is 12.1. The third kappa shape index (κ3) is 7.30. The molecule has 0 unspecified atom stereocenters. The molecule has 1 aromatic heterocycles. The van der Waals surface area contributed by atoms with Gasteiger partial charge in [0, 0.05) is 22.5 Å². The number of anilines is 1. The number of ketones is 2. The first kappa shape index (κ1) is 28.6. The zero-order chi connectivity index (χ0) is 28.0. The average molecular weight is 532 g/mol. The fourth-order valence-electron chi connectivity index (χ4n) is 3.92. The summed E-state index contributed by atoms with van der Waals surface area (Å²) >= 11 is 1.39. The summed E-state index contributed by atoms with van der Waals surface area (Å²) in [5.41, 5.74) is 10.7. The Hall–Kier alpha value is -3.96. The number of fused-ring (bicyclic) bond motifs is 1. The summed E-state index contributed by atoms with van der Waals surface area (Å²) in [6.45, 7) is 10.4. The average Bonchev–Trinajstić information content (AvgIpc) is 3.19. The highest BCUT2D eigenvalue weighted by molar-refractivity contribution is 7.16. The highest BCUT2D eigenvalue weighted by Crippen LogP contribution is 2.37. The van der Waals surface area contributed by atoms with Crippen LogP contribution < -0.4 is 5.73 Å². The van der Waals surface area contributed by atoms with Gasteiger partial charge in [-0.3, -0.25) is 9.59 Å². The fourth-order valence-corrected chi connectivity index (χ4v) is 5.05. The summed E-state index contributed by atoms with van der Waals surface area (Å²) in [4.78, 5) is 39.0. The van der Waals surface area contributed by atoms with Gasteiger partial charge in [0.25, 0.3) is 0 Å². The van der Waals surface area contributed by atoms with Crippen LogP contribution in [-0.2, 0) is 17.7 Å². The van der Waals surface area contributed by atoms with E-state index in [0.717, 1.165) is 21.6 Å². The van der Waals surface area contributed by atoms with Gasteiger partial charge in [-0.2, -0.15) is 5.26 Å².